The standard InChI is InChI=1S/C12H16Br2O2/c13-9(10(15)16)11-2-7-1-8(3-11)5-12(14,4-7)6-11/h7-9H,1-6H2,(H,15,16)/t7-,8-,9+,11?,12?/m1/s1. The van der Waals surface area contributed by atoms with E-state index in [1.165, 1.54) is 19.3 Å². The van der Waals surface area contributed by atoms with Gasteiger partial charge in [-0.1, -0.05) is 31.9 Å². The molecule has 0 aromatic heterocycles. The van der Waals surface area contributed by atoms with Crippen molar-refractivity contribution in [1.82, 2.24) is 0 Å². The molecule has 0 aliphatic heterocycles. The van der Waals surface area contributed by atoms with E-state index >= 15 is 0 Å². The third-order valence-electron chi connectivity index (χ3n) is 4.79. The van der Waals surface area contributed by atoms with Crippen LogP contribution in [0.1, 0.15) is 38.5 Å². The fourth-order valence-corrected chi connectivity index (χ4v) is 6.79. The van der Waals surface area contributed by atoms with Crippen LogP contribution < -0.4 is 0 Å². The van der Waals surface area contributed by atoms with E-state index in [1.54, 1.807) is 0 Å². The van der Waals surface area contributed by atoms with Crippen LogP contribution in [0.15, 0.2) is 0 Å². The molecule has 4 aliphatic carbocycles. The molecule has 0 radical (unpaired) electrons. The molecule has 0 unspecified atom stereocenters. The lowest BCUT2D eigenvalue weighted by molar-refractivity contribution is -0.142. The molecule has 0 aromatic rings. The van der Waals surface area contributed by atoms with Crippen molar-refractivity contribution in [3.05, 3.63) is 0 Å². The Labute approximate surface area is 112 Å². The highest BCUT2D eigenvalue weighted by Crippen LogP contribution is 2.66. The number of alkyl halides is 2. The second-order valence-corrected chi connectivity index (χ2v) is 8.77. The van der Waals surface area contributed by atoms with Crippen molar-refractivity contribution in [1.29, 1.82) is 0 Å². The third kappa shape index (κ3) is 1.59. The van der Waals surface area contributed by atoms with Crippen LogP contribution >= 0.6 is 31.9 Å². The SMILES string of the molecule is O=C(O)[C@H](Br)C12C[C@H]3C[C@@H](CC(Br)(C3)C1)C2. The largest absolute Gasteiger partial charge is 0.480 e. The number of hydrogen-bond acceptors (Lipinski definition) is 1. The van der Waals surface area contributed by atoms with E-state index < -0.39 is 5.97 Å². The molecule has 0 spiro atoms. The second-order valence-electron chi connectivity index (χ2n) is 6.18. The number of carbonyl (C=O) groups is 1. The van der Waals surface area contributed by atoms with E-state index in [0.29, 0.717) is 0 Å². The average molecular weight is 352 g/mol. The Morgan fingerprint density at radius 2 is 1.81 bits per heavy atom. The Hall–Kier alpha value is 0.430. The van der Waals surface area contributed by atoms with Crippen molar-refractivity contribution in [2.45, 2.75) is 47.7 Å². The number of carboxylic acid groups (broad SMARTS) is 1. The van der Waals surface area contributed by atoms with Gasteiger partial charge in [0.1, 0.15) is 4.83 Å². The molecule has 3 atom stereocenters. The summed E-state index contributed by atoms with van der Waals surface area (Å²) in [5, 5.41) is 9.26. The molecule has 4 heteroatoms. The highest BCUT2D eigenvalue weighted by Gasteiger charge is 2.60. The van der Waals surface area contributed by atoms with E-state index in [9.17, 15) is 9.90 Å². The smallest absolute Gasteiger partial charge is 0.317 e. The number of aliphatic carboxylic acids is 1. The van der Waals surface area contributed by atoms with Crippen molar-refractivity contribution in [3.63, 3.8) is 0 Å². The van der Waals surface area contributed by atoms with Crippen LogP contribution in [0, 0.1) is 17.3 Å². The normalized spacial score (nSPS) is 51.6. The molecule has 0 aromatic carbocycles. The molecule has 4 fully saturated rings. The predicted molar refractivity (Wildman–Crippen MR) is 69.1 cm³/mol. The zero-order valence-electron chi connectivity index (χ0n) is 9.09. The van der Waals surface area contributed by atoms with Crippen molar-refractivity contribution in [3.8, 4) is 0 Å². The topological polar surface area (TPSA) is 37.3 Å². The van der Waals surface area contributed by atoms with Gasteiger partial charge >= 0.3 is 5.97 Å². The first-order valence-corrected chi connectivity index (χ1v) is 7.69. The summed E-state index contributed by atoms with van der Waals surface area (Å²) < 4.78 is 0.249. The number of halogens is 2. The quantitative estimate of drug-likeness (QED) is 0.772. The number of rotatable bonds is 2. The van der Waals surface area contributed by atoms with E-state index in [0.717, 1.165) is 31.1 Å². The van der Waals surface area contributed by atoms with E-state index in [-0.39, 0.29) is 14.6 Å². The summed E-state index contributed by atoms with van der Waals surface area (Å²) in [6.45, 7) is 0. The maximum atomic E-state index is 11.3. The zero-order chi connectivity index (χ0) is 11.6. The lowest BCUT2D eigenvalue weighted by Crippen LogP contribution is -2.57. The Morgan fingerprint density at radius 3 is 2.25 bits per heavy atom. The van der Waals surface area contributed by atoms with Gasteiger partial charge in [0, 0.05) is 4.32 Å². The molecule has 2 nitrogen and oxygen atoms in total. The van der Waals surface area contributed by atoms with Gasteiger partial charge in [-0.3, -0.25) is 4.79 Å². The summed E-state index contributed by atoms with van der Waals surface area (Å²) in [5.41, 5.74) is 0.0133. The molecule has 0 heterocycles. The Morgan fingerprint density at radius 1 is 1.25 bits per heavy atom. The molecule has 1 N–H and O–H groups in total. The van der Waals surface area contributed by atoms with Gasteiger partial charge in [-0.15, -0.1) is 0 Å². The van der Waals surface area contributed by atoms with Gasteiger partial charge in [-0.25, -0.2) is 0 Å². The van der Waals surface area contributed by atoms with Crippen molar-refractivity contribution >= 4 is 37.8 Å². The molecule has 0 amide bonds. The van der Waals surface area contributed by atoms with Crippen molar-refractivity contribution in [2.24, 2.45) is 17.3 Å². The average Bonchev–Trinajstić information content (AvgIpc) is 2.12. The van der Waals surface area contributed by atoms with Crippen molar-refractivity contribution < 1.29 is 9.90 Å². The Balaban J connectivity index is 1.94. The van der Waals surface area contributed by atoms with Crippen LogP contribution in [-0.2, 0) is 4.79 Å². The lowest BCUT2D eigenvalue weighted by atomic mass is 9.48. The third-order valence-corrected chi connectivity index (χ3v) is 7.08. The van der Waals surface area contributed by atoms with Gasteiger partial charge in [-0.05, 0) is 55.8 Å². The maximum absolute atomic E-state index is 11.3. The van der Waals surface area contributed by atoms with Crippen LogP contribution in [0.25, 0.3) is 0 Å². The monoisotopic (exact) mass is 350 g/mol. The van der Waals surface area contributed by atoms with Crippen LogP contribution in [0.2, 0.25) is 0 Å². The summed E-state index contributed by atoms with van der Waals surface area (Å²) in [6, 6.07) is 0. The fourth-order valence-electron chi connectivity index (χ4n) is 4.78. The molecule has 16 heavy (non-hydrogen) atoms. The van der Waals surface area contributed by atoms with E-state index in [4.69, 9.17) is 0 Å². The molecular weight excluding hydrogens is 336 g/mol. The minimum absolute atomic E-state index is 0.0133. The summed E-state index contributed by atoms with van der Waals surface area (Å²) in [4.78, 5) is 10.9. The van der Waals surface area contributed by atoms with Gasteiger partial charge < -0.3 is 5.11 Å². The molecule has 4 saturated carbocycles. The Kier molecular flexibility index (Phi) is 2.50. The predicted octanol–water partition coefficient (Wildman–Crippen LogP) is 3.57. The van der Waals surface area contributed by atoms with Gasteiger partial charge in [0.05, 0.1) is 0 Å². The Bertz CT molecular complexity index is 328. The second kappa shape index (κ2) is 3.47. The minimum atomic E-state index is -0.682. The van der Waals surface area contributed by atoms with Gasteiger partial charge in [0.2, 0.25) is 0 Å². The van der Waals surface area contributed by atoms with Crippen LogP contribution in [0.5, 0.6) is 0 Å². The maximum Gasteiger partial charge on any atom is 0.317 e. The molecule has 0 saturated heterocycles. The van der Waals surface area contributed by atoms with Gasteiger partial charge in [0.25, 0.3) is 0 Å². The summed E-state index contributed by atoms with van der Waals surface area (Å²) >= 11 is 7.33. The van der Waals surface area contributed by atoms with Crippen LogP contribution in [0.3, 0.4) is 0 Å². The van der Waals surface area contributed by atoms with E-state index in [1.807, 2.05) is 0 Å². The first kappa shape index (κ1) is 11.5. The minimum Gasteiger partial charge on any atom is -0.480 e. The van der Waals surface area contributed by atoms with Crippen LogP contribution in [-0.4, -0.2) is 20.2 Å². The summed E-state index contributed by atoms with van der Waals surface area (Å²) in [7, 11) is 0. The lowest BCUT2D eigenvalue weighted by Gasteiger charge is -2.61. The first-order chi connectivity index (χ1) is 7.42. The highest BCUT2D eigenvalue weighted by molar-refractivity contribution is 9.10. The molecule has 4 aliphatic rings. The summed E-state index contributed by atoms with van der Waals surface area (Å²) in [5.74, 6) is 0.818. The zero-order valence-corrected chi connectivity index (χ0v) is 12.3. The highest BCUT2D eigenvalue weighted by atomic mass is 79.9. The number of carboxylic acids is 1. The van der Waals surface area contributed by atoms with Crippen molar-refractivity contribution in [2.75, 3.05) is 0 Å². The fraction of sp³-hybridized carbons (Fsp3) is 0.917. The molecular formula is C12H16Br2O2. The van der Waals surface area contributed by atoms with E-state index in [2.05, 4.69) is 31.9 Å². The van der Waals surface area contributed by atoms with Crippen LogP contribution in [0.4, 0.5) is 0 Å². The molecule has 90 valence electrons. The first-order valence-electron chi connectivity index (χ1n) is 5.98. The number of hydrogen-bond donors (Lipinski definition) is 1. The van der Waals surface area contributed by atoms with Gasteiger partial charge in [0.15, 0.2) is 0 Å². The molecule has 4 rings (SSSR count). The summed E-state index contributed by atoms with van der Waals surface area (Å²) in [6.07, 6.45) is 7.09. The van der Waals surface area contributed by atoms with Gasteiger partial charge in [-0.2, -0.15) is 0 Å². The molecule has 4 bridgehead atoms.